The molecule has 1 fully saturated rings. The van der Waals surface area contributed by atoms with E-state index in [2.05, 4.69) is 48.2 Å². The first kappa shape index (κ1) is 9.91. The number of hydrogen-bond acceptors (Lipinski definition) is 1. The van der Waals surface area contributed by atoms with E-state index in [4.69, 9.17) is 0 Å². The highest BCUT2D eigenvalue weighted by Gasteiger charge is 2.28. The van der Waals surface area contributed by atoms with Crippen molar-refractivity contribution in [3.8, 4) is 0 Å². The summed E-state index contributed by atoms with van der Waals surface area (Å²) in [7, 11) is 4.27. The molecule has 1 aromatic carbocycles. The SMILES string of the molecule is CN(C)Cc1c(C2CC2)[nH]c2ccccc12. The molecule has 0 saturated heterocycles. The van der Waals surface area contributed by atoms with Gasteiger partial charge in [0.25, 0.3) is 0 Å². The molecule has 1 aromatic heterocycles. The fourth-order valence-corrected chi connectivity index (χ4v) is 2.43. The Hall–Kier alpha value is -1.28. The second kappa shape index (κ2) is 3.63. The third-order valence-electron chi connectivity index (χ3n) is 3.31. The van der Waals surface area contributed by atoms with E-state index in [9.17, 15) is 0 Å². The zero-order valence-corrected chi connectivity index (χ0v) is 9.96. The van der Waals surface area contributed by atoms with Crippen LogP contribution in [0.3, 0.4) is 0 Å². The molecule has 0 bridgehead atoms. The molecule has 2 heteroatoms. The van der Waals surface area contributed by atoms with E-state index in [-0.39, 0.29) is 0 Å². The molecule has 0 atom stereocenters. The van der Waals surface area contributed by atoms with Gasteiger partial charge in [-0.1, -0.05) is 18.2 Å². The Labute approximate surface area is 96.3 Å². The van der Waals surface area contributed by atoms with Gasteiger partial charge < -0.3 is 9.88 Å². The fourth-order valence-electron chi connectivity index (χ4n) is 2.43. The van der Waals surface area contributed by atoms with Crippen LogP contribution >= 0.6 is 0 Å². The van der Waals surface area contributed by atoms with Gasteiger partial charge in [-0.25, -0.2) is 0 Å². The summed E-state index contributed by atoms with van der Waals surface area (Å²) in [5, 5.41) is 1.40. The van der Waals surface area contributed by atoms with Crippen molar-refractivity contribution in [2.24, 2.45) is 0 Å². The number of fused-ring (bicyclic) bond motifs is 1. The lowest BCUT2D eigenvalue weighted by molar-refractivity contribution is 0.402. The highest BCUT2D eigenvalue weighted by Crippen LogP contribution is 2.43. The van der Waals surface area contributed by atoms with Crippen molar-refractivity contribution >= 4 is 10.9 Å². The van der Waals surface area contributed by atoms with Crippen LogP contribution in [0.15, 0.2) is 24.3 Å². The normalized spacial score (nSPS) is 16.2. The number of hydrogen-bond donors (Lipinski definition) is 1. The van der Waals surface area contributed by atoms with Gasteiger partial charge in [0, 0.05) is 23.1 Å². The van der Waals surface area contributed by atoms with Gasteiger partial charge in [-0.2, -0.15) is 0 Å². The van der Waals surface area contributed by atoms with Gasteiger partial charge in [0.15, 0.2) is 0 Å². The van der Waals surface area contributed by atoms with E-state index in [1.54, 1.807) is 0 Å². The summed E-state index contributed by atoms with van der Waals surface area (Å²) in [6.45, 7) is 1.04. The zero-order valence-electron chi connectivity index (χ0n) is 9.96. The molecule has 0 amide bonds. The van der Waals surface area contributed by atoms with E-state index in [0.29, 0.717) is 0 Å². The minimum atomic E-state index is 0.794. The van der Waals surface area contributed by atoms with E-state index in [1.165, 1.54) is 35.0 Å². The first-order chi connectivity index (χ1) is 7.75. The maximum absolute atomic E-state index is 3.60. The number of para-hydroxylation sites is 1. The van der Waals surface area contributed by atoms with Crippen molar-refractivity contribution in [1.82, 2.24) is 9.88 Å². The smallest absolute Gasteiger partial charge is 0.0459 e. The molecule has 3 rings (SSSR count). The van der Waals surface area contributed by atoms with Gasteiger partial charge in [0.05, 0.1) is 0 Å². The number of aromatic nitrogens is 1. The van der Waals surface area contributed by atoms with Crippen LogP contribution in [0.2, 0.25) is 0 Å². The topological polar surface area (TPSA) is 19.0 Å². The molecule has 0 aliphatic heterocycles. The van der Waals surface area contributed by atoms with Crippen LogP contribution < -0.4 is 0 Å². The van der Waals surface area contributed by atoms with E-state index < -0.39 is 0 Å². The summed E-state index contributed by atoms with van der Waals surface area (Å²) in [5.41, 5.74) is 4.28. The maximum atomic E-state index is 3.60. The molecule has 0 unspecified atom stereocenters. The van der Waals surface area contributed by atoms with Crippen LogP contribution in [-0.2, 0) is 6.54 Å². The molecule has 0 spiro atoms. The first-order valence-corrected chi connectivity index (χ1v) is 6.00. The van der Waals surface area contributed by atoms with Crippen LogP contribution in [0.25, 0.3) is 10.9 Å². The standard InChI is InChI=1S/C14H18N2/c1-16(2)9-12-11-5-3-4-6-13(11)15-14(12)10-7-8-10/h3-6,10,15H,7-9H2,1-2H3. The molecular formula is C14H18N2. The number of H-pyrrole nitrogens is 1. The number of rotatable bonds is 3. The molecule has 16 heavy (non-hydrogen) atoms. The highest BCUT2D eigenvalue weighted by atomic mass is 15.1. The van der Waals surface area contributed by atoms with Crippen LogP contribution in [0.1, 0.15) is 30.0 Å². The minimum absolute atomic E-state index is 0.794. The number of benzene rings is 1. The van der Waals surface area contributed by atoms with E-state index in [1.807, 2.05) is 0 Å². The summed E-state index contributed by atoms with van der Waals surface area (Å²) in [5.74, 6) is 0.794. The molecule has 2 aromatic rings. The van der Waals surface area contributed by atoms with Gasteiger partial charge in [-0.3, -0.25) is 0 Å². The molecule has 2 nitrogen and oxygen atoms in total. The first-order valence-electron chi connectivity index (χ1n) is 6.00. The lowest BCUT2D eigenvalue weighted by Crippen LogP contribution is -2.11. The summed E-state index contributed by atoms with van der Waals surface area (Å²) in [6.07, 6.45) is 2.71. The van der Waals surface area contributed by atoms with Crippen LogP contribution in [-0.4, -0.2) is 24.0 Å². The summed E-state index contributed by atoms with van der Waals surface area (Å²) in [6, 6.07) is 8.65. The van der Waals surface area contributed by atoms with Crippen molar-refractivity contribution in [1.29, 1.82) is 0 Å². The number of nitrogens with zero attached hydrogens (tertiary/aromatic N) is 1. The van der Waals surface area contributed by atoms with Crippen molar-refractivity contribution in [3.63, 3.8) is 0 Å². The fraction of sp³-hybridized carbons (Fsp3) is 0.429. The average molecular weight is 214 g/mol. The summed E-state index contributed by atoms with van der Waals surface area (Å²) >= 11 is 0. The molecule has 1 aliphatic carbocycles. The van der Waals surface area contributed by atoms with Gasteiger partial charge >= 0.3 is 0 Å². The molecule has 84 valence electrons. The van der Waals surface area contributed by atoms with Crippen molar-refractivity contribution in [2.75, 3.05) is 14.1 Å². The molecule has 1 heterocycles. The predicted octanol–water partition coefficient (Wildman–Crippen LogP) is 3.11. The van der Waals surface area contributed by atoms with Gasteiger partial charge in [0.1, 0.15) is 0 Å². The Balaban J connectivity index is 2.15. The largest absolute Gasteiger partial charge is 0.358 e. The average Bonchev–Trinajstić information content (AvgIpc) is 3.03. The van der Waals surface area contributed by atoms with Gasteiger partial charge in [-0.15, -0.1) is 0 Å². The van der Waals surface area contributed by atoms with Crippen molar-refractivity contribution < 1.29 is 0 Å². The third-order valence-corrected chi connectivity index (χ3v) is 3.31. The van der Waals surface area contributed by atoms with Crippen molar-refractivity contribution in [2.45, 2.75) is 25.3 Å². The molecule has 1 aliphatic rings. The van der Waals surface area contributed by atoms with E-state index in [0.717, 1.165) is 12.5 Å². The second-order valence-electron chi connectivity index (χ2n) is 5.07. The van der Waals surface area contributed by atoms with Gasteiger partial charge in [-0.05, 0) is 44.5 Å². The highest BCUT2D eigenvalue weighted by molar-refractivity contribution is 5.85. The third kappa shape index (κ3) is 1.63. The number of nitrogens with one attached hydrogen (secondary N) is 1. The predicted molar refractivity (Wildman–Crippen MR) is 67.7 cm³/mol. The molecule has 1 N–H and O–H groups in total. The van der Waals surface area contributed by atoms with Crippen molar-refractivity contribution in [3.05, 3.63) is 35.5 Å². The quantitative estimate of drug-likeness (QED) is 0.831. The zero-order chi connectivity index (χ0) is 11.1. The maximum Gasteiger partial charge on any atom is 0.0459 e. The lowest BCUT2D eigenvalue weighted by atomic mass is 10.1. The Morgan fingerprint density at radius 1 is 1.25 bits per heavy atom. The Bertz CT molecular complexity index is 506. The Morgan fingerprint density at radius 2 is 2.00 bits per heavy atom. The van der Waals surface area contributed by atoms with Crippen LogP contribution in [0, 0.1) is 0 Å². The van der Waals surface area contributed by atoms with Gasteiger partial charge in [0.2, 0.25) is 0 Å². The van der Waals surface area contributed by atoms with Crippen LogP contribution in [0.4, 0.5) is 0 Å². The summed E-state index contributed by atoms with van der Waals surface area (Å²) < 4.78 is 0. The molecule has 0 radical (unpaired) electrons. The molecular weight excluding hydrogens is 196 g/mol. The summed E-state index contributed by atoms with van der Waals surface area (Å²) in [4.78, 5) is 5.86. The Kier molecular flexibility index (Phi) is 2.25. The Morgan fingerprint density at radius 3 is 2.69 bits per heavy atom. The molecule has 1 saturated carbocycles. The lowest BCUT2D eigenvalue weighted by Gasteiger charge is -2.10. The van der Waals surface area contributed by atoms with Crippen LogP contribution in [0.5, 0.6) is 0 Å². The monoisotopic (exact) mass is 214 g/mol. The number of aromatic amines is 1. The second-order valence-corrected chi connectivity index (χ2v) is 5.07. The van der Waals surface area contributed by atoms with E-state index >= 15 is 0 Å². The minimum Gasteiger partial charge on any atom is -0.358 e.